The normalized spacial score (nSPS) is 10.4. The Balaban J connectivity index is 2.28. The Morgan fingerprint density at radius 2 is 1.80 bits per heavy atom. The minimum atomic E-state index is -1.67. The van der Waals surface area contributed by atoms with Gasteiger partial charge in [-0.1, -0.05) is 11.6 Å². The van der Waals surface area contributed by atoms with Crippen molar-refractivity contribution in [3.63, 3.8) is 0 Å². The summed E-state index contributed by atoms with van der Waals surface area (Å²) in [5.74, 6) is -5.53. The molecule has 0 aliphatic heterocycles. The molecule has 104 valence electrons. The summed E-state index contributed by atoms with van der Waals surface area (Å²) in [6, 6.07) is 5.17. The van der Waals surface area contributed by atoms with Crippen molar-refractivity contribution in [2.45, 2.75) is 0 Å². The molecule has 0 aliphatic rings. The van der Waals surface area contributed by atoms with Crippen molar-refractivity contribution in [2.24, 2.45) is 0 Å². The zero-order valence-corrected chi connectivity index (χ0v) is 10.5. The number of halogens is 4. The van der Waals surface area contributed by atoms with E-state index in [1.54, 1.807) is 0 Å². The average molecular weight is 302 g/mol. The molecule has 0 saturated heterocycles. The van der Waals surface area contributed by atoms with Gasteiger partial charge in [-0.2, -0.15) is 0 Å². The van der Waals surface area contributed by atoms with Crippen LogP contribution in [0.15, 0.2) is 30.3 Å². The zero-order valence-electron chi connectivity index (χ0n) is 9.75. The fourth-order valence-electron chi connectivity index (χ4n) is 1.47. The topological polar surface area (TPSA) is 49.3 Å². The number of phenolic OH excluding ortho intramolecular Hbond substituents is 1. The summed E-state index contributed by atoms with van der Waals surface area (Å²) in [5, 5.41) is 11.2. The van der Waals surface area contributed by atoms with E-state index in [4.69, 9.17) is 11.6 Å². The lowest BCUT2D eigenvalue weighted by atomic mass is 10.2. The molecule has 7 heteroatoms. The summed E-state index contributed by atoms with van der Waals surface area (Å²) in [5.41, 5.74) is -0.477. The molecule has 0 saturated carbocycles. The van der Waals surface area contributed by atoms with Crippen LogP contribution in [0.2, 0.25) is 5.02 Å². The minimum Gasteiger partial charge on any atom is -0.506 e. The quantitative estimate of drug-likeness (QED) is 0.831. The summed E-state index contributed by atoms with van der Waals surface area (Å²) >= 11 is 5.62. The highest BCUT2D eigenvalue weighted by molar-refractivity contribution is 6.32. The largest absolute Gasteiger partial charge is 0.506 e. The van der Waals surface area contributed by atoms with E-state index in [2.05, 4.69) is 5.32 Å². The van der Waals surface area contributed by atoms with E-state index in [9.17, 15) is 23.1 Å². The molecule has 2 rings (SSSR count). The third kappa shape index (κ3) is 2.70. The summed E-state index contributed by atoms with van der Waals surface area (Å²) < 4.78 is 39.1. The monoisotopic (exact) mass is 301 g/mol. The number of nitrogens with one attached hydrogen (secondary N) is 1. The predicted molar refractivity (Wildman–Crippen MR) is 67.4 cm³/mol. The number of benzene rings is 2. The molecule has 0 fully saturated rings. The Kier molecular flexibility index (Phi) is 3.85. The number of hydrogen-bond donors (Lipinski definition) is 2. The molecule has 2 aromatic carbocycles. The third-order valence-corrected chi connectivity index (χ3v) is 2.80. The Morgan fingerprint density at radius 3 is 2.45 bits per heavy atom. The van der Waals surface area contributed by atoms with Gasteiger partial charge in [-0.3, -0.25) is 4.79 Å². The molecule has 2 N–H and O–H groups in total. The molecule has 0 spiro atoms. The summed E-state index contributed by atoms with van der Waals surface area (Å²) in [6.07, 6.45) is 0. The van der Waals surface area contributed by atoms with Crippen LogP contribution in [0.5, 0.6) is 5.75 Å². The van der Waals surface area contributed by atoms with Gasteiger partial charge in [-0.05, 0) is 30.3 Å². The third-order valence-electron chi connectivity index (χ3n) is 2.49. The van der Waals surface area contributed by atoms with Crippen molar-refractivity contribution in [2.75, 3.05) is 5.32 Å². The van der Waals surface area contributed by atoms with Gasteiger partial charge in [0.15, 0.2) is 17.5 Å². The Hall–Kier alpha value is -2.21. The highest BCUT2D eigenvalue weighted by Crippen LogP contribution is 2.25. The van der Waals surface area contributed by atoms with Crippen molar-refractivity contribution in [1.82, 2.24) is 0 Å². The lowest BCUT2D eigenvalue weighted by Gasteiger charge is -2.08. The molecule has 0 heterocycles. The van der Waals surface area contributed by atoms with Gasteiger partial charge in [-0.15, -0.1) is 0 Å². The lowest BCUT2D eigenvalue weighted by Crippen LogP contribution is -2.13. The number of phenols is 1. The maximum Gasteiger partial charge on any atom is 0.255 e. The molecule has 0 radical (unpaired) electrons. The van der Waals surface area contributed by atoms with Gasteiger partial charge in [-0.25, -0.2) is 13.2 Å². The van der Waals surface area contributed by atoms with Gasteiger partial charge in [0.05, 0.1) is 10.7 Å². The fraction of sp³-hybridized carbons (Fsp3) is 0. The number of amides is 1. The highest BCUT2D eigenvalue weighted by Gasteiger charge is 2.16. The number of hydrogen-bond acceptors (Lipinski definition) is 2. The van der Waals surface area contributed by atoms with Crippen LogP contribution in [0.1, 0.15) is 10.4 Å². The Morgan fingerprint density at radius 1 is 1.10 bits per heavy atom. The molecule has 0 bridgehead atoms. The smallest absolute Gasteiger partial charge is 0.255 e. The van der Waals surface area contributed by atoms with Crippen LogP contribution in [-0.2, 0) is 0 Å². The van der Waals surface area contributed by atoms with E-state index in [-0.39, 0.29) is 16.3 Å². The van der Waals surface area contributed by atoms with Gasteiger partial charge in [0.1, 0.15) is 5.75 Å². The van der Waals surface area contributed by atoms with Crippen molar-refractivity contribution in [1.29, 1.82) is 0 Å². The molecule has 20 heavy (non-hydrogen) atoms. The Labute approximate surface area is 116 Å². The molecule has 0 unspecified atom stereocenters. The van der Waals surface area contributed by atoms with Crippen molar-refractivity contribution in [3.8, 4) is 5.75 Å². The molecule has 0 aliphatic carbocycles. The average Bonchev–Trinajstić information content (AvgIpc) is 2.42. The predicted octanol–water partition coefficient (Wildman–Crippen LogP) is 3.72. The zero-order chi connectivity index (χ0) is 14.9. The van der Waals surface area contributed by atoms with Crippen LogP contribution in [0, 0.1) is 17.5 Å². The van der Waals surface area contributed by atoms with Gasteiger partial charge in [0, 0.05) is 5.56 Å². The van der Waals surface area contributed by atoms with E-state index in [1.807, 2.05) is 0 Å². The number of anilines is 1. The van der Waals surface area contributed by atoms with Crippen LogP contribution in [-0.4, -0.2) is 11.0 Å². The van der Waals surface area contributed by atoms with E-state index >= 15 is 0 Å². The van der Waals surface area contributed by atoms with Crippen LogP contribution in [0.3, 0.4) is 0 Å². The summed E-state index contributed by atoms with van der Waals surface area (Å²) in [4.78, 5) is 11.8. The molecule has 1 amide bonds. The number of carbonyl (C=O) groups is 1. The number of carbonyl (C=O) groups excluding carboxylic acids is 1. The minimum absolute atomic E-state index is 0.0249. The second-order valence-electron chi connectivity index (χ2n) is 3.84. The number of rotatable bonds is 2. The van der Waals surface area contributed by atoms with Crippen molar-refractivity contribution < 1.29 is 23.1 Å². The van der Waals surface area contributed by atoms with E-state index in [0.29, 0.717) is 6.07 Å². The maximum absolute atomic E-state index is 13.4. The standard InChI is InChI=1S/C13H7ClF3NO2/c14-7-5-6(1-4-10(7)19)13(20)18-9-3-2-8(15)11(16)12(9)17/h1-5,19H,(H,18,20). The summed E-state index contributed by atoms with van der Waals surface area (Å²) in [6.45, 7) is 0. The van der Waals surface area contributed by atoms with Crippen LogP contribution in [0.25, 0.3) is 0 Å². The maximum atomic E-state index is 13.4. The first kappa shape index (κ1) is 14.2. The van der Waals surface area contributed by atoms with E-state index < -0.39 is 29.0 Å². The van der Waals surface area contributed by atoms with Gasteiger partial charge in [0.25, 0.3) is 5.91 Å². The molecular formula is C13H7ClF3NO2. The van der Waals surface area contributed by atoms with Gasteiger partial charge >= 0.3 is 0 Å². The first-order chi connectivity index (χ1) is 9.40. The van der Waals surface area contributed by atoms with Crippen LogP contribution < -0.4 is 5.32 Å². The second-order valence-corrected chi connectivity index (χ2v) is 4.25. The molecule has 0 aromatic heterocycles. The van der Waals surface area contributed by atoms with Gasteiger partial charge < -0.3 is 10.4 Å². The van der Waals surface area contributed by atoms with Crippen molar-refractivity contribution >= 4 is 23.2 Å². The molecule has 3 nitrogen and oxygen atoms in total. The number of aromatic hydroxyl groups is 1. The lowest BCUT2D eigenvalue weighted by molar-refractivity contribution is 0.102. The molecule has 2 aromatic rings. The van der Waals surface area contributed by atoms with E-state index in [0.717, 1.165) is 12.1 Å². The second kappa shape index (κ2) is 5.42. The van der Waals surface area contributed by atoms with Crippen LogP contribution >= 0.6 is 11.6 Å². The SMILES string of the molecule is O=C(Nc1ccc(F)c(F)c1F)c1ccc(O)c(Cl)c1. The van der Waals surface area contributed by atoms with Crippen LogP contribution in [0.4, 0.5) is 18.9 Å². The van der Waals surface area contributed by atoms with Crippen molar-refractivity contribution in [3.05, 3.63) is 58.4 Å². The fourth-order valence-corrected chi connectivity index (χ4v) is 1.65. The first-order valence-electron chi connectivity index (χ1n) is 5.33. The highest BCUT2D eigenvalue weighted by atomic mass is 35.5. The Bertz CT molecular complexity index is 692. The molecular weight excluding hydrogens is 295 g/mol. The van der Waals surface area contributed by atoms with Gasteiger partial charge in [0.2, 0.25) is 0 Å². The van der Waals surface area contributed by atoms with E-state index in [1.165, 1.54) is 12.1 Å². The first-order valence-corrected chi connectivity index (χ1v) is 5.71. The molecule has 0 atom stereocenters. The summed E-state index contributed by atoms with van der Waals surface area (Å²) in [7, 11) is 0.